The molecule has 266 valence electrons. The number of ether oxygens (including phenoxy) is 1. The molecular weight excluding hydrogens is 660 g/mol. The maximum atomic E-state index is 16.4. The van der Waals surface area contributed by atoms with Crippen molar-refractivity contribution in [3.05, 3.63) is 65.5 Å². The molecule has 4 aliphatic heterocycles. The second kappa shape index (κ2) is 13.6. The van der Waals surface area contributed by atoms with Gasteiger partial charge in [-0.05, 0) is 55.4 Å². The van der Waals surface area contributed by atoms with Gasteiger partial charge in [0.05, 0.1) is 37.1 Å². The second-order valence-electron chi connectivity index (χ2n) is 14.2. The van der Waals surface area contributed by atoms with Crippen LogP contribution in [0.25, 0.3) is 0 Å². The quantitative estimate of drug-likeness (QED) is 0.214. The Hall–Kier alpha value is -4.02. The Labute approximate surface area is 291 Å². The number of anilines is 3. The number of aliphatic hydroxyl groups excluding tert-OH is 1. The lowest BCUT2D eigenvalue weighted by Crippen LogP contribution is -2.48. The number of hydrogen-bond acceptors (Lipinski definition) is 9. The van der Waals surface area contributed by atoms with Crippen LogP contribution in [0.15, 0.2) is 48.7 Å². The zero-order chi connectivity index (χ0) is 35.2. The van der Waals surface area contributed by atoms with E-state index in [0.29, 0.717) is 68.2 Å². The largest absolute Gasteiger partial charge is 0.396 e. The lowest BCUT2D eigenvalue weighted by atomic mass is 9.82. The van der Waals surface area contributed by atoms with Crippen LogP contribution in [0.2, 0.25) is 18.6 Å². The number of fused-ring (bicyclic) bond motifs is 2. The van der Waals surface area contributed by atoms with Gasteiger partial charge < -0.3 is 39.3 Å². The summed E-state index contributed by atoms with van der Waals surface area (Å²) in [6.45, 7) is 8.89. The number of aromatic nitrogens is 3. The van der Waals surface area contributed by atoms with Crippen LogP contribution in [0.5, 0.6) is 0 Å². The van der Waals surface area contributed by atoms with Gasteiger partial charge in [-0.15, -0.1) is 5.10 Å². The average Bonchev–Trinajstić information content (AvgIpc) is 3.74. The molecule has 0 bridgehead atoms. The molecule has 2 aromatic carbocycles. The highest BCUT2D eigenvalue weighted by molar-refractivity contribution is 6.72. The Morgan fingerprint density at radius 3 is 2.30 bits per heavy atom. The van der Waals surface area contributed by atoms with Gasteiger partial charge in [-0.1, -0.05) is 24.3 Å². The van der Waals surface area contributed by atoms with Crippen molar-refractivity contribution in [2.75, 3.05) is 60.6 Å². The number of amides is 3. The van der Waals surface area contributed by atoms with Crippen molar-refractivity contribution in [1.82, 2.24) is 25.6 Å². The molecule has 13 nitrogen and oxygen atoms in total. The van der Waals surface area contributed by atoms with Crippen LogP contribution in [-0.2, 0) is 44.2 Å². The molecule has 3 aromatic rings. The predicted octanol–water partition coefficient (Wildman–Crippen LogP) is 2.10. The van der Waals surface area contributed by atoms with Gasteiger partial charge in [0.25, 0.3) is 5.91 Å². The zero-order valence-corrected chi connectivity index (χ0v) is 29.8. The lowest BCUT2D eigenvalue weighted by molar-refractivity contribution is -0.146. The molecule has 3 fully saturated rings. The number of nitrogens with zero attached hydrogens (tertiary/aromatic N) is 6. The van der Waals surface area contributed by atoms with Crippen molar-refractivity contribution in [3.8, 4) is 0 Å². The first-order chi connectivity index (χ1) is 24.0. The number of rotatable bonds is 10. The number of carbonyl (C=O) groups is 3. The Bertz CT molecular complexity index is 1770. The van der Waals surface area contributed by atoms with Gasteiger partial charge in [0.2, 0.25) is 20.2 Å². The van der Waals surface area contributed by atoms with Gasteiger partial charge >= 0.3 is 0 Å². The highest BCUT2D eigenvalue weighted by atomic mass is 28.4. The number of carbonyl (C=O) groups excluding carboxylic acids is 3. The summed E-state index contributed by atoms with van der Waals surface area (Å²) >= 11 is 0. The molecule has 50 heavy (non-hydrogen) atoms. The van der Waals surface area contributed by atoms with Crippen LogP contribution in [0.3, 0.4) is 0 Å². The Balaban J connectivity index is 1.24. The van der Waals surface area contributed by atoms with E-state index in [1.54, 1.807) is 38.7 Å². The van der Waals surface area contributed by atoms with E-state index in [0.717, 1.165) is 17.8 Å². The fraction of sp³-hybridized carbons (Fsp3) is 0.514. The van der Waals surface area contributed by atoms with Gasteiger partial charge in [-0.25, -0.2) is 0 Å². The number of aryl methyl sites for hydroxylation is 1. The molecule has 3 saturated heterocycles. The van der Waals surface area contributed by atoms with E-state index in [1.807, 2.05) is 49.4 Å². The minimum Gasteiger partial charge on any atom is -0.396 e. The first kappa shape index (κ1) is 34.4. The van der Waals surface area contributed by atoms with E-state index >= 15 is 4.11 Å². The van der Waals surface area contributed by atoms with E-state index in [9.17, 15) is 19.5 Å². The Morgan fingerprint density at radius 2 is 1.66 bits per heavy atom. The summed E-state index contributed by atoms with van der Waals surface area (Å²) in [4.78, 5) is 45.6. The minimum atomic E-state index is -3.41. The molecule has 5 heterocycles. The molecular formula is C35H45FN8O5Si. The van der Waals surface area contributed by atoms with Crippen LogP contribution in [0.4, 0.5) is 21.2 Å². The van der Waals surface area contributed by atoms with E-state index in [4.69, 9.17) is 4.74 Å². The van der Waals surface area contributed by atoms with Crippen molar-refractivity contribution in [2.24, 2.45) is 5.92 Å². The van der Waals surface area contributed by atoms with Crippen LogP contribution in [-0.4, -0.2) is 98.2 Å². The second-order valence-corrected chi connectivity index (χ2v) is 18.0. The summed E-state index contributed by atoms with van der Waals surface area (Å²) < 4.78 is 25.1. The molecule has 0 saturated carbocycles. The summed E-state index contributed by atoms with van der Waals surface area (Å²) in [5.74, 6) is -0.789. The average molecular weight is 705 g/mol. The first-order valence-electron chi connectivity index (χ1n) is 17.5. The molecule has 0 unspecified atom stereocenters. The van der Waals surface area contributed by atoms with Gasteiger partial charge in [0, 0.05) is 80.3 Å². The molecule has 0 aliphatic carbocycles. The van der Waals surface area contributed by atoms with Gasteiger partial charge in [-0.2, -0.15) is 0 Å². The molecule has 4 aliphatic rings. The predicted molar refractivity (Wildman–Crippen MR) is 188 cm³/mol. The maximum absolute atomic E-state index is 16.4. The number of piperazine rings is 2. The standard InChI is InChI=1S/C35H45FN8O5Si/c1-23-33(50(2,3)36)30(10-14-41-22-25(11-17-45)39-40-41)49-35(23)28-18-27(43-16-13-38-20-32(43)47)8-9-29(28)44(34(35)48)21-24-4-6-26(7-5-24)42-15-12-37-19-31(42)46/h4-9,18,22-23,30,33,37-38,45H,10-17,19-21H2,1-3H3/t23-,30+,33-,35+/m1/s1. The number of hydrogen-bond donors (Lipinski definition) is 3. The van der Waals surface area contributed by atoms with Crippen LogP contribution < -0.4 is 25.3 Å². The van der Waals surface area contributed by atoms with E-state index in [1.165, 1.54) is 0 Å². The van der Waals surface area contributed by atoms with Gasteiger partial charge in [-0.3, -0.25) is 19.1 Å². The fourth-order valence-corrected chi connectivity index (χ4v) is 10.8. The fourth-order valence-electron chi connectivity index (χ4n) is 8.29. The third-order valence-electron chi connectivity index (χ3n) is 10.6. The molecule has 1 spiro atoms. The van der Waals surface area contributed by atoms with Crippen molar-refractivity contribution in [3.63, 3.8) is 0 Å². The molecule has 3 N–H and O–H groups in total. The van der Waals surface area contributed by atoms with E-state index in [-0.39, 0.29) is 37.4 Å². The third-order valence-corrected chi connectivity index (χ3v) is 13.1. The third kappa shape index (κ3) is 6.14. The monoisotopic (exact) mass is 704 g/mol. The van der Waals surface area contributed by atoms with Gasteiger partial charge in [0.1, 0.15) is 0 Å². The van der Waals surface area contributed by atoms with Crippen LogP contribution >= 0.6 is 0 Å². The Kier molecular flexibility index (Phi) is 9.36. The minimum absolute atomic E-state index is 0.0126. The van der Waals surface area contributed by atoms with Gasteiger partial charge in [0.15, 0.2) is 5.60 Å². The van der Waals surface area contributed by atoms with Crippen molar-refractivity contribution in [2.45, 2.75) is 63.2 Å². The molecule has 7 rings (SSSR count). The summed E-state index contributed by atoms with van der Waals surface area (Å²) in [5.41, 5.74) is 2.40. The summed E-state index contributed by atoms with van der Waals surface area (Å²) in [6.07, 6.45) is 2.01. The molecule has 0 radical (unpaired) electrons. The van der Waals surface area contributed by atoms with Crippen molar-refractivity contribution < 1.29 is 28.3 Å². The van der Waals surface area contributed by atoms with Crippen LogP contribution in [0.1, 0.15) is 30.2 Å². The molecule has 15 heteroatoms. The molecule has 4 atom stereocenters. The topological polar surface area (TPSA) is 145 Å². The Morgan fingerprint density at radius 1 is 1.00 bits per heavy atom. The van der Waals surface area contributed by atoms with E-state index < -0.39 is 31.6 Å². The summed E-state index contributed by atoms with van der Waals surface area (Å²) in [5, 5.41) is 23.8. The zero-order valence-electron chi connectivity index (χ0n) is 28.8. The number of benzene rings is 2. The van der Waals surface area contributed by atoms with E-state index in [2.05, 4.69) is 20.9 Å². The summed E-state index contributed by atoms with van der Waals surface area (Å²) in [6, 6.07) is 13.3. The van der Waals surface area contributed by atoms with Crippen LogP contribution in [0, 0.1) is 5.92 Å². The first-order valence-corrected chi connectivity index (χ1v) is 20.4. The normalized spacial score (nSPS) is 25.7. The number of nitrogens with one attached hydrogen (secondary N) is 2. The number of halogens is 1. The summed E-state index contributed by atoms with van der Waals surface area (Å²) in [7, 11) is -3.41. The molecule has 3 amide bonds. The van der Waals surface area contributed by atoms with Crippen molar-refractivity contribution in [1.29, 1.82) is 0 Å². The highest BCUT2D eigenvalue weighted by Crippen LogP contribution is 2.60. The smallest absolute Gasteiger partial charge is 0.264 e. The van der Waals surface area contributed by atoms with Crippen molar-refractivity contribution >= 4 is 43.2 Å². The molecule has 1 aromatic heterocycles. The SMILES string of the molecule is C[C@@H]1[C@@H]([Si](C)(C)F)[C@H](CCn2cc(CCO)nn2)O[C@@]12C(=O)N(Cc1ccc(N3CCNCC3=O)cc1)c1ccc(N3CCNCC3=O)cc12. The highest BCUT2D eigenvalue weighted by Gasteiger charge is 2.66. The number of aliphatic hydroxyl groups is 1. The maximum Gasteiger partial charge on any atom is 0.264 e. The lowest BCUT2D eigenvalue weighted by Gasteiger charge is -2.32.